The Labute approximate surface area is 176 Å². The summed E-state index contributed by atoms with van der Waals surface area (Å²) < 4.78 is 35.5. The van der Waals surface area contributed by atoms with Gasteiger partial charge < -0.3 is 9.30 Å². The lowest BCUT2D eigenvalue weighted by molar-refractivity contribution is -0.117. The van der Waals surface area contributed by atoms with Gasteiger partial charge in [-0.2, -0.15) is 4.99 Å². The van der Waals surface area contributed by atoms with Gasteiger partial charge >= 0.3 is 0 Å². The molecule has 1 amide bonds. The number of nitrogens with zero attached hydrogens (tertiary/aromatic N) is 2. The largest absolute Gasteiger partial charge is 0.380 e. The van der Waals surface area contributed by atoms with Crippen LogP contribution >= 0.6 is 11.3 Å². The van der Waals surface area contributed by atoms with Crippen molar-refractivity contribution >= 4 is 38.2 Å². The molecule has 0 spiro atoms. The first-order chi connectivity index (χ1) is 14.6. The molecule has 30 heavy (non-hydrogen) atoms. The van der Waals surface area contributed by atoms with E-state index in [9.17, 15) is 13.6 Å². The molecule has 3 aromatic carbocycles. The maximum Gasteiger partial charge on any atom is 0.252 e. The Kier molecular flexibility index (Phi) is 6.01. The van der Waals surface area contributed by atoms with Crippen molar-refractivity contribution in [2.24, 2.45) is 4.99 Å². The highest BCUT2D eigenvalue weighted by molar-refractivity contribution is 7.16. The van der Waals surface area contributed by atoms with Gasteiger partial charge in [0.15, 0.2) is 10.6 Å². The van der Waals surface area contributed by atoms with Crippen molar-refractivity contribution in [1.29, 1.82) is 0 Å². The predicted octanol–water partition coefficient (Wildman–Crippen LogP) is 4.84. The van der Waals surface area contributed by atoms with Crippen LogP contribution < -0.4 is 4.80 Å². The van der Waals surface area contributed by atoms with Gasteiger partial charge in [0, 0.05) is 19.2 Å². The van der Waals surface area contributed by atoms with Crippen molar-refractivity contribution in [3.8, 4) is 0 Å². The van der Waals surface area contributed by atoms with Crippen LogP contribution in [0.1, 0.15) is 12.5 Å². The standard InChI is InChI=1S/C23H20F2N2O2S/c1-2-29-11-10-27-22-19(25)13-17(24)14-20(22)30-23(27)26-21(28)12-16-8-5-7-15-6-3-4-9-18(15)16/h3-9,13-14H,2,10-12H2,1H3. The molecule has 0 radical (unpaired) electrons. The third-order valence-electron chi connectivity index (χ3n) is 4.80. The number of fused-ring (bicyclic) bond motifs is 2. The van der Waals surface area contributed by atoms with Gasteiger partial charge in [-0.05, 0) is 29.3 Å². The molecule has 4 aromatic rings. The second-order valence-corrected chi connectivity index (χ2v) is 7.80. The molecule has 0 N–H and O–H groups in total. The average molecular weight is 426 g/mol. The second kappa shape index (κ2) is 8.85. The highest BCUT2D eigenvalue weighted by atomic mass is 32.1. The molecule has 0 fully saturated rings. The molecule has 1 aromatic heterocycles. The first kappa shape index (κ1) is 20.4. The van der Waals surface area contributed by atoms with Crippen molar-refractivity contribution in [2.45, 2.75) is 19.9 Å². The highest BCUT2D eigenvalue weighted by Gasteiger charge is 2.14. The van der Waals surface area contributed by atoms with Crippen LogP contribution in [0.5, 0.6) is 0 Å². The Morgan fingerprint density at radius 3 is 2.77 bits per heavy atom. The van der Waals surface area contributed by atoms with Gasteiger partial charge in [-0.3, -0.25) is 4.79 Å². The van der Waals surface area contributed by atoms with Crippen LogP contribution in [0.3, 0.4) is 0 Å². The van der Waals surface area contributed by atoms with Gasteiger partial charge in [-0.15, -0.1) is 0 Å². The number of ether oxygens (including phenoxy) is 1. The molecule has 0 bridgehead atoms. The minimum Gasteiger partial charge on any atom is -0.380 e. The lowest BCUT2D eigenvalue weighted by Gasteiger charge is -2.06. The van der Waals surface area contributed by atoms with Gasteiger partial charge in [0.1, 0.15) is 5.82 Å². The summed E-state index contributed by atoms with van der Waals surface area (Å²) >= 11 is 1.09. The Bertz CT molecular complexity index is 1290. The van der Waals surface area contributed by atoms with E-state index in [2.05, 4.69) is 4.99 Å². The molecule has 4 rings (SSSR count). The summed E-state index contributed by atoms with van der Waals surface area (Å²) in [7, 11) is 0. The number of carbonyl (C=O) groups is 1. The lowest BCUT2D eigenvalue weighted by Crippen LogP contribution is -2.20. The number of carbonyl (C=O) groups excluding carboxylic acids is 1. The van der Waals surface area contributed by atoms with Gasteiger partial charge in [-0.25, -0.2) is 8.78 Å². The van der Waals surface area contributed by atoms with E-state index in [1.165, 1.54) is 6.07 Å². The number of thiazole rings is 1. The van der Waals surface area contributed by atoms with Gasteiger partial charge in [0.05, 0.1) is 23.2 Å². The average Bonchev–Trinajstić information content (AvgIpc) is 3.05. The first-order valence-electron chi connectivity index (χ1n) is 9.67. The summed E-state index contributed by atoms with van der Waals surface area (Å²) in [5.41, 5.74) is 1.11. The minimum absolute atomic E-state index is 0.123. The molecule has 0 saturated carbocycles. The van der Waals surface area contributed by atoms with Crippen LogP contribution in [0.4, 0.5) is 8.78 Å². The zero-order chi connectivity index (χ0) is 21.1. The second-order valence-electron chi connectivity index (χ2n) is 6.79. The highest BCUT2D eigenvalue weighted by Crippen LogP contribution is 2.23. The molecular formula is C23H20F2N2O2S. The van der Waals surface area contributed by atoms with Crippen LogP contribution in [0, 0.1) is 11.6 Å². The van der Waals surface area contributed by atoms with Gasteiger partial charge in [0.2, 0.25) is 0 Å². The first-order valence-corrected chi connectivity index (χ1v) is 10.5. The number of aromatic nitrogens is 1. The van der Waals surface area contributed by atoms with E-state index in [4.69, 9.17) is 4.74 Å². The molecule has 0 aliphatic rings. The van der Waals surface area contributed by atoms with E-state index in [1.807, 2.05) is 49.4 Å². The number of hydrogen-bond acceptors (Lipinski definition) is 3. The monoisotopic (exact) mass is 426 g/mol. The minimum atomic E-state index is -0.680. The van der Waals surface area contributed by atoms with E-state index in [0.717, 1.165) is 33.7 Å². The third kappa shape index (κ3) is 4.17. The fraction of sp³-hybridized carbons (Fsp3) is 0.217. The van der Waals surface area contributed by atoms with Crippen molar-refractivity contribution in [3.63, 3.8) is 0 Å². The number of rotatable bonds is 6. The maximum atomic E-state index is 14.5. The summed E-state index contributed by atoms with van der Waals surface area (Å²) in [6.45, 7) is 3.04. The fourth-order valence-electron chi connectivity index (χ4n) is 3.48. The molecule has 7 heteroatoms. The predicted molar refractivity (Wildman–Crippen MR) is 114 cm³/mol. The van der Waals surface area contributed by atoms with Gasteiger partial charge in [0.25, 0.3) is 5.91 Å². The van der Waals surface area contributed by atoms with Crippen molar-refractivity contribution in [3.05, 3.63) is 76.6 Å². The summed E-state index contributed by atoms with van der Waals surface area (Å²) in [5.74, 6) is -1.68. The molecule has 0 aliphatic carbocycles. The molecule has 0 unspecified atom stereocenters. The Morgan fingerprint density at radius 2 is 1.93 bits per heavy atom. The van der Waals surface area contributed by atoms with Crippen LogP contribution in [0.15, 0.2) is 59.6 Å². The molecule has 1 heterocycles. The Morgan fingerprint density at radius 1 is 1.13 bits per heavy atom. The SMILES string of the molecule is CCOCCn1c(=NC(=O)Cc2cccc3ccccc23)sc2cc(F)cc(F)c21. The van der Waals surface area contributed by atoms with E-state index in [0.29, 0.717) is 29.3 Å². The number of halogens is 2. The van der Waals surface area contributed by atoms with Crippen LogP contribution in [0.2, 0.25) is 0 Å². The smallest absolute Gasteiger partial charge is 0.252 e. The normalized spacial score (nSPS) is 12.2. The van der Waals surface area contributed by atoms with Crippen LogP contribution in [-0.2, 0) is 22.5 Å². The molecule has 0 saturated heterocycles. The molecule has 0 atom stereocenters. The molecule has 0 aliphatic heterocycles. The third-order valence-corrected chi connectivity index (χ3v) is 5.83. The summed E-state index contributed by atoms with van der Waals surface area (Å²) in [5, 5.41) is 2.05. The lowest BCUT2D eigenvalue weighted by atomic mass is 10.0. The van der Waals surface area contributed by atoms with Crippen molar-refractivity contribution < 1.29 is 18.3 Å². The van der Waals surface area contributed by atoms with Crippen LogP contribution in [-0.4, -0.2) is 23.7 Å². The fourth-order valence-corrected chi connectivity index (χ4v) is 4.59. The number of benzene rings is 3. The van der Waals surface area contributed by atoms with E-state index >= 15 is 0 Å². The Balaban J connectivity index is 1.74. The molecule has 4 nitrogen and oxygen atoms in total. The number of amides is 1. The van der Waals surface area contributed by atoms with Crippen LogP contribution in [0.25, 0.3) is 21.0 Å². The quantitative estimate of drug-likeness (QED) is 0.414. The Hall–Kier alpha value is -2.90. The summed E-state index contributed by atoms with van der Waals surface area (Å²) in [6, 6.07) is 15.7. The molecule has 154 valence electrons. The van der Waals surface area contributed by atoms with Crippen molar-refractivity contribution in [2.75, 3.05) is 13.2 Å². The zero-order valence-electron chi connectivity index (χ0n) is 16.4. The maximum absolute atomic E-state index is 14.5. The van der Waals surface area contributed by atoms with Gasteiger partial charge in [-0.1, -0.05) is 53.8 Å². The molecular weight excluding hydrogens is 406 g/mol. The van der Waals surface area contributed by atoms with E-state index < -0.39 is 11.6 Å². The summed E-state index contributed by atoms with van der Waals surface area (Å²) in [6.07, 6.45) is 0.123. The zero-order valence-corrected chi connectivity index (χ0v) is 17.2. The summed E-state index contributed by atoms with van der Waals surface area (Å²) in [4.78, 5) is 17.3. The number of hydrogen-bond donors (Lipinski definition) is 0. The van der Waals surface area contributed by atoms with E-state index in [-0.39, 0.29) is 17.8 Å². The van der Waals surface area contributed by atoms with E-state index in [1.54, 1.807) is 4.57 Å². The topological polar surface area (TPSA) is 43.6 Å². The van der Waals surface area contributed by atoms with Crippen molar-refractivity contribution in [1.82, 2.24) is 4.57 Å².